The molecule has 4 atom stereocenters. The number of pyridine rings is 1. The van der Waals surface area contributed by atoms with Gasteiger partial charge in [0.15, 0.2) is 11.4 Å². The fourth-order valence-electron chi connectivity index (χ4n) is 5.82. The first kappa shape index (κ1) is 21.1. The maximum absolute atomic E-state index is 13.3. The van der Waals surface area contributed by atoms with Gasteiger partial charge in [-0.3, -0.25) is 14.4 Å². The average Bonchev–Trinajstić information content (AvgIpc) is 3.64. The van der Waals surface area contributed by atoms with Crippen LogP contribution >= 0.6 is 0 Å². The molecule has 1 unspecified atom stereocenters. The van der Waals surface area contributed by atoms with Gasteiger partial charge in [0, 0.05) is 25.7 Å². The molecule has 3 aliphatic rings. The second kappa shape index (κ2) is 7.67. The number of fused-ring (bicyclic) bond motifs is 2. The van der Waals surface area contributed by atoms with E-state index in [1.54, 1.807) is 23.2 Å². The SMILES string of the molecule is CCC1(CC)CC1CNC(=O)[C@@H]1C[C@H]2C[C@H]2N1C(=O)Cn1nc(C(C)=O)c2cccnc21. The number of nitrogens with zero attached hydrogens (tertiary/aromatic N) is 4. The summed E-state index contributed by atoms with van der Waals surface area (Å²) in [5.41, 5.74) is 1.23. The highest BCUT2D eigenvalue weighted by Crippen LogP contribution is 2.57. The van der Waals surface area contributed by atoms with E-state index in [1.165, 1.54) is 18.0 Å². The van der Waals surface area contributed by atoms with E-state index in [0.717, 1.165) is 25.7 Å². The number of carbonyl (C=O) groups is 3. The number of hydrogen-bond acceptors (Lipinski definition) is 5. The fourth-order valence-corrected chi connectivity index (χ4v) is 5.82. The quantitative estimate of drug-likeness (QED) is 0.640. The molecule has 1 N–H and O–H groups in total. The van der Waals surface area contributed by atoms with Gasteiger partial charge < -0.3 is 10.2 Å². The molecule has 2 saturated carbocycles. The average molecular weight is 438 g/mol. The topological polar surface area (TPSA) is 97.2 Å². The molecule has 2 aliphatic carbocycles. The smallest absolute Gasteiger partial charge is 0.245 e. The van der Waals surface area contributed by atoms with Crippen molar-refractivity contribution in [1.29, 1.82) is 0 Å². The Morgan fingerprint density at radius 3 is 2.69 bits per heavy atom. The van der Waals surface area contributed by atoms with Crippen molar-refractivity contribution in [2.45, 2.75) is 71.5 Å². The molecule has 8 nitrogen and oxygen atoms in total. The molecule has 1 aliphatic heterocycles. The third-order valence-electron chi connectivity index (χ3n) is 8.11. The minimum absolute atomic E-state index is 0.0226. The third kappa shape index (κ3) is 3.40. The van der Waals surface area contributed by atoms with Crippen LogP contribution in [-0.2, 0) is 16.1 Å². The largest absolute Gasteiger partial charge is 0.354 e. The van der Waals surface area contributed by atoms with E-state index in [0.29, 0.717) is 40.5 Å². The number of likely N-dealkylation sites (tertiary alicyclic amines) is 1. The number of amides is 2. The lowest BCUT2D eigenvalue weighted by Crippen LogP contribution is -2.49. The molecular weight excluding hydrogens is 406 g/mol. The second-order valence-electron chi connectivity index (χ2n) is 9.77. The summed E-state index contributed by atoms with van der Waals surface area (Å²) in [4.78, 5) is 44.4. The van der Waals surface area contributed by atoms with Crippen molar-refractivity contribution in [2.75, 3.05) is 6.54 Å². The number of aromatic nitrogens is 3. The third-order valence-corrected chi connectivity index (χ3v) is 8.11. The molecular formula is C24H31N5O3. The van der Waals surface area contributed by atoms with Crippen molar-refractivity contribution < 1.29 is 14.4 Å². The number of ketones is 1. The van der Waals surface area contributed by atoms with Gasteiger partial charge in [-0.15, -0.1) is 0 Å². The van der Waals surface area contributed by atoms with Crippen LogP contribution in [0.4, 0.5) is 0 Å². The van der Waals surface area contributed by atoms with Crippen molar-refractivity contribution in [3.8, 4) is 0 Å². The molecule has 2 aromatic rings. The lowest BCUT2D eigenvalue weighted by molar-refractivity contribution is -0.140. The number of carbonyl (C=O) groups excluding carboxylic acids is 3. The first-order valence-electron chi connectivity index (χ1n) is 11.8. The summed E-state index contributed by atoms with van der Waals surface area (Å²) in [5.74, 6) is 0.633. The summed E-state index contributed by atoms with van der Waals surface area (Å²) < 4.78 is 1.50. The van der Waals surface area contributed by atoms with Crippen molar-refractivity contribution in [2.24, 2.45) is 17.3 Å². The lowest BCUT2D eigenvalue weighted by atomic mass is 9.97. The highest BCUT2D eigenvalue weighted by molar-refractivity contribution is 6.04. The molecule has 8 heteroatoms. The predicted molar refractivity (Wildman–Crippen MR) is 119 cm³/mol. The van der Waals surface area contributed by atoms with Crippen molar-refractivity contribution in [1.82, 2.24) is 25.0 Å². The first-order valence-corrected chi connectivity index (χ1v) is 11.8. The molecule has 3 heterocycles. The van der Waals surface area contributed by atoms with E-state index in [1.807, 2.05) is 0 Å². The van der Waals surface area contributed by atoms with Gasteiger partial charge in [-0.2, -0.15) is 5.10 Å². The zero-order valence-electron chi connectivity index (χ0n) is 19.0. The van der Waals surface area contributed by atoms with E-state index >= 15 is 0 Å². The van der Waals surface area contributed by atoms with Gasteiger partial charge in [-0.25, -0.2) is 9.67 Å². The number of piperidine rings is 1. The Kier molecular flexibility index (Phi) is 5.06. The van der Waals surface area contributed by atoms with Gasteiger partial charge >= 0.3 is 0 Å². The minimum atomic E-state index is -0.412. The summed E-state index contributed by atoms with van der Waals surface area (Å²) in [7, 11) is 0. The Morgan fingerprint density at radius 2 is 2.00 bits per heavy atom. The minimum Gasteiger partial charge on any atom is -0.354 e. The van der Waals surface area contributed by atoms with Crippen molar-refractivity contribution in [3.63, 3.8) is 0 Å². The normalized spacial score (nSPS) is 27.3. The standard InChI is InChI=1S/C24H31N5O3/c1-4-24(5-2)11-16(24)12-26-23(32)19-10-15-9-18(15)29(19)20(31)13-28-22-17(7-6-8-25-22)21(27-28)14(3)30/h6-8,15-16,18-19H,4-5,9-13H2,1-3H3,(H,26,32)/t15-,16?,18-,19+/m1/s1. The van der Waals surface area contributed by atoms with Gasteiger partial charge in [0.1, 0.15) is 18.3 Å². The molecule has 0 radical (unpaired) electrons. The lowest BCUT2D eigenvalue weighted by Gasteiger charge is -2.27. The monoisotopic (exact) mass is 437 g/mol. The van der Waals surface area contributed by atoms with Crippen LogP contribution in [0.2, 0.25) is 0 Å². The maximum atomic E-state index is 13.3. The molecule has 0 bridgehead atoms. The van der Waals surface area contributed by atoms with E-state index in [4.69, 9.17) is 0 Å². The van der Waals surface area contributed by atoms with Crippen LogP contribution in [0, 0.1) is 17.3 Å². The van der Waals surface area contributed by atoms with Crippen LogP contribution in [0.1, 0.15) is 63.4 Å². The number of Topliss-reactive ketones (excluding diaryl/α,β-unsaturated/α-hetero) is 1. The van der Waals surface area contributed by atoms with Crippen LogP contribution in [0.5, 0.6) is 0 Å². The number of nitrogens with one attached hydrogen (secondary N) is 1. The Balaban J connectivity index is 1.29. The van der Waals surface area contributed by atoms with E-state index < -0.39 is 6.04 Å². The zero-order valence-corrected chi connectivity index (χ0v) is 19.0. The summed E-state index contributed by atoms with van der Waals surface area (Å²) in [6.45, 7) is 6.58. The van der Waals surface area contributed by atoms with E-state index in [2.05, 4.69) is 29.2 Å². The van der Waals surface area contributed by atoms with E-state index in [-0.39, 0.29) is 30.2 Å². The summed E-state index contributed by atoms with van der Waals surface area (Å²) in [6, 6.07) is 3.28. The van der Waals surface area contributed by atoms with Crippen LogP contribution in [-0.4, -0.2) is 55.9 Å². The van der Waals surface area contributed by atoms with Crippen LogP contribution in [0.3, 0.4) is 0 Å². The predicted octanol–water partition coefficient (Wildman–Crippen LogP) is 2.57. The van der Waals surface area contributed by atoms with Gasteiger partial charge in [0.25, 0.3) is 0 Å². The first-order chi connectivity index (χ1) is 15.4. The molecule has 1 saturated heterocycles. The highest BCUT2D eigenvalue weighted by Gasteiger charge is 2.56. The Morgan fingerprint density at radius 1 is 1.22 bits per heavy atom. The van der Waals surface area contributed by atoms with E-state index in [9.17, 15) is 14.4 Å². The zero-order chi connectivity index (χ0) is 22.6. The summed E-state index contributed by atoms with van der Waals surface area (Å²) in [5, 5.41) is 8.15. The number of hydrogen-bond donors (Lipinski definition) is 1. The molecule has 2 amide bonds. The molecule has 32 heavy (non-hydrogen) atoms. The fraction of sp³-hybridized carbons (Fsp3) is 0.625. The van der Waals surface area contributed by atoms with Crippen LogP contribution in [0.25, 0.3) is 11.0 Å². The summed E-state index contributed by atoms with van der Waals surface area (Å²) in [6.07, 6.45) is 6.80. The van der Waals surface area contributed by atoms with Gasteiger partial charge in [0.05, 0.1) is 5.39 Å². The Hall–Kier alpha value is -2.77. The molecule has 2 aromatic heterocycles. The van der Waals surface area contributed by atoms with Crippen molar-refractivity contribution in [3.05, 3.63) is 24.0 Å². The molecule has 0 spiro atoms. The van der Waals surface area contributed by atoms with Crippen molar-refractivity contribution >= 4 is 28.6 Å². The molecule has 0 aromatic carbocycles. The van der Waals surface area contributed by atoms with Crippen LogP contribution < -0.4 is 5.32 Å². The summed E-state index contributed by atoms with van der Waals surface area (Å²) >= 11 is 0. The maximum Gasteiger partial charge on any atom is 0.245 e. The molecule has 3 fully saturated rings. The van der Waals surface area contributed by atoms with Gasteiger partial charge in [0.2, 0.25) is 11.8 Å². The van der Waals surface area contributed by atoms with Crippen LogP contribution in [0.15, 0.2) is 18.3 Å². The second-order valence-corrected chi connectivity index (χ2v) is 9.77. The Bertz CT molecular complexity index is 1090. The molecule has 5 rings (SSSR count). The van der Waals surface area contributed by atoms with Gasteiger partial charge in [-0.1, -0.05) is 26.7 Å². The van der Waals surface area contributed by atoms with Gasteiger partial charge in [-0.05, 0) is 48.6 Å². The number of rotatable bonds is 8. The molecule has 170 valence electrons. The highest BCUT2D eigenvalue weighted by atomic mass is 16.2. The Labute approximate surface area is 187 Å².